The number of alkyl halides is 2. The highest BCUT2D eigenvalue weighted by molar-refractivity contribution is 5.85. The van der Waals surface area contributed by atoms with Crippen LogP contribution in [0.5, 0.6) is 5.75 Å². The third kappa shape index (κ3) is 3.94. The second-order valence-corrected chi connectivity index (χ2v) is 3.99. The summed E-state index contributed by atoms with van der Waals surface area (Å²) >= 11 is 0. The van der Waals surface area contributed by atoms with E-state index in [4.69, 9.17) is 5.73 Å². The summed E-state index contributed by atoms with van der Waals surface area (Å²) in [5.41, 5.74) is 6.26. The lowest BCUT2D eigenvalue weighted by atomic mass is 9.85. The van der Waals surface area contributed by atoms with Gasteiger partial charge < -0.3 is 10.5 Å². The summed E-state index contributed by atoms with van der Waals surface area (Å²) in [4.78, 5) is 0. The van der Waals surface area contributed by atoms with Crippen molar-refractivity contribution in [3.05, 3.63) is 29.8 Å². The van der Waals surface area contributed by atoms with Gasteiger partial charge in [0, 0.05) is 12.0 Å². The summed E-state index contributed by atoms with van der Waals surface area (Å²) < 4.78 is 28.3. The van der Waals surface area contributed by atoms with Gasteiger partial charge in [0.2, 0.25) is 0 Å². The fraction of sp³-hybridized carbons (Fsp3) is 0.455. The molecule has 0 fully saturated rings. The molecular weight excluding hydrogens is 236 g/mol. The van der Waals surface area contributed by atoms with Gasteiger partial charge in [-0.25, -0.2) is 0 Å². The lowest BCUT2D eigenvalue weighted by Gasteiger charge is -2.23. The molecule has 2 nitrogen and oxygen atoms in total. The van der Waals surface area contributed by atoms with E-state index in [0.717, 1.165) is 5.56 Å². The number of halogens is 3. The second kappa shape index (κ2) is 6.01. The molecule has 0 unspecified atom stereocenters. The fourth-order valence-corrected chi connectivity index (χ4v) is 1.21. The first-order chi connectivity index (χ1) is 6.95. The molecular formula is C11H16ClF2NO. The average molecular weight is 252 g/mol. The number of hydrogen-bond acceptors (Lipinski definition) is 2. The van der Waals surface area contributed by atoms with E-state index in [1.165, 1.54) is 6.07 Å². The van der Waals surface area contributed by atoms with Gasteiger partial charge in [-0.3, -0.25) is 0 Å². The molecule has 2 N–H and O–H groups in total. The van der Waals surface area contributed by atoms with Gasteiger partial charge in [-0.15, -0.1) is 12.4 Å². The van der Waals surface area contributed by atoms with E-state index in [0.29, 0.717) is 6.54 Å². The maximum Gasteiger partial charge on any atom is 0.387 e. The van der Waals surface area contributed by atoms with Crippen molar-refractivity contribution in [3.63, 3.8) is 0 Å². The van der Waals surface area contributed by atoms with E-state index in [2.05, 4.69) is 4.74 Å². The van der Waals surface area contributed by atoms with Crippen LogP contribution in [0.25, 0.3) is 0 Å². The molecule has 92 valence electrons. The fourth-order valence-electron chi connectivity index (χ4n) is 1.21. The first kappa shape index (κ1) is 15.1. The minimum atomic E-state index is -2.79. The summed E-state index contributed by atoms with van der Waals surface area (Å²) in [7, 11) is 0. The Morgan fingerprint density at radius 2 is 2.00 bits per heavy atom. The maximum absolute atomic E-state index is 12.0. The third-order valence-electron chi connectivity index (χ3n) is 2.35. The highest BCUT2D eigenvalue weighted by atomic mass is 35.5. The van der Waals surface area contributed by atoms with Crippen LogP contribution in [0.3, 0.4) is 0 Å². The topological polar surface area (TPSA) is 35.2 Å². The average Bonchev–Trinajstić information content (AvgIpc) is 2.17. The van der Waals surface area contributed by atoms with E-state index in [1.807, 2.05) is 19.9 Å². The molecule has 0 aliphatic heterocycles. The Balaban J connectivity index is 0.00000225. The van der Waals surface area contributed by atoms with Crippen LogP contribution in [0.1, 0.15) is 19.4 Å². The Morgan fingerprint density at radius 3 is 2.50 bits per heavy atom. The molecule has 0 aromatic heterocycles. The first-order valence-electron chi connectivity index (χ1n) is 4.71. The maximum atomic E-state index is 12.0. The van der Waals surface area contributed by atoms with Gasteiger partial charge in [0.15, 0.2) is 0 Å². The molecule has 1 aromatic carbocycles. The van der Waals surface area contributed by atoms with Crippen molar-refractivity contribution in [2.75, 3.05) is 6.54 Å². The Kier molecular flexibility index (Phi) is 5.68. The standard InChI is InChI=1S/C11H15F2NO.ClH/c1-11(2,7-14)8-4-3-5-9(6-8)15-10(12)13;/h3-6,10H,7,14H2,1-2H3;1H. The van der Waals surface area contributed by atoms with Gasteiger partial charge in [-0.05, 0) is 17.7 Å². The van der Waals surface area contributed by atoms with Crippen LogP contribution in [0, 0.1) is 0 Å². The predicted octanol–water partition coefficient (Wildman–Crippen LogP) is 2.95. The van der Waals surface area contributed by atoms with Crippen molar-refractivity contribution in [3.8, 4) is 5.75 Å². The van der Waals surface area contributed by atoms with Crippen LogP contribution in [0.2, 0.25) is 0 Å². The molecule has 1 aromatic rings. The van der Waals surface area contributed by atoms with Crippen LogP contribution in [-0.4, -0.2) is 13.2 Å². The highest BCUT2D eigenvalue weighted by Gasteiger charge is 2.19. The van der Waals surface area contributed by atoms with Gasteiger partial charge in [0.1, 0.15) is 5.75 Å². The van der Waals surface area contributed by atoms with Crippen molar-refractivity contribution in [1.82, 2.24) is 0 Å². The molecule has 0 saturated carbocycles. The lowest BCUT2D eigenvalue weighted by Crippen LogP contribution is -2.28. The van der Waals surface area contributed by atoms with Crippen LogP contribution in [0.15, 0.2) is 24.3 Å². The predicted molar refractivity (Wildman–Crippen MR) is 62.4 cm³/mol. The molecule has 0 heterocycles. The lowest BCUT2D eigenvalue weighted by molar-refractivity contribution is -0.0499. The largest absolute Gasteiger partial charge is 0.435 e. The van der Waals surface area contributed by atoms with Gasteiger partial charge in [-0.2, -0.15) is 8.78 Å². The van der Waals surface area contributed by atoms with Crippen LogP contribution < -0.4 is 10.5 Å². The van der Waals surface area contributed by atoms with Gasteiger partial charge in [0.05, 0.1) is 0 Å². The number of nitrogens with two attached hydrogens (primary N) is 1. The first-order valence-corrected chi connectivity index (χ1v) is 4.71. The Labute approximate surface area is 100 Å². The normalized spacial score (nSPS) is 11.1. The van der Waals surface area contributed by atoms with Crippen molar-refractivity contribution in [1.29, 1.82) is 0 Å². The van der Waals surface area contributed by atoms with Crippen LogP contribution in [-0.2, 0) is 5.41 Å². The van der Waals surface area contributed by atoms with Gasteiger partial charge in [0.25, 0.3) is 0 Å². The zero-order valence-corrected chi connectivity index (χ0v) is 10.1. The summed E-state index contributed by atoms with van der Waals surface area (Å²) in [6, 6.07) is 6.64. The molecule has 0 atom stereocenters. The minimum absolute atomic E-state index is 0. The number of hydrogen-bond donors (Lipinski definition) is 1. The third-order valence-corrected chi connectivity index (χ3v) is 2.35. The molecule has 0 bridgehead atoms. The van der Waals surface area contributed by atoms with E-state index < -0.39 is 6.61 Å². The van der Waals surface area contributed by atoms with E-state index in [9.17, 15) is 8.78 Å². The number of rotatable bonds is 4. The Hall–Kier alpha value is -0.870. The Bertz CT molecular complexity index is 332. The molecule has 0 saturated heterocycles. The summed E-state index contributed by atoms with van der Waals surface area (Å²) in [5, 5.41) is 0. The highest BCUT2D eigenvalue weighted by Crippen LogP contribution is 2.25. The number of benzene rings is 1. The molecule has 0 amide bonds. The van der Waals surface area contributed by atoms with E-state index >= 15 is 0 Å². The number of ether oxygens (including phenoxy) is 1. The minimum Gasteiger partial charge on any atom is -0.435 e. The monoisotopic (exact) mass is 251 g/mol. The molecule has 1 rings (SSSR count). The molecule has 5 heteroatoms. The SMILES string of the molecule is CC(C)(CN)c1cccc(OC(F)F)c1.Cl. The van der Waals surface area contributed by atoms with E-state index in [-0.39, 0.29) is 23.6 Å². The second-order valence-electron chi connectivity index (χ2n) is 3.99. The van der Waals surface area contributed by atoms with Crippen LogP contribution in [0.4, 0.5) is 8.78 Å². The van der Waals surface area contributed by atoms with Gasteiger partial charge >= 0.3 is 6.61 Å². The van der Waals surface area contributed by atoms with Gasteiger partial charge in [-0.1, -0.05) is 26.0 Å². The molecule has 0 aliphatic rings. The summed E-state index contributed by atoms with van der Waals surface area (Å²) in [6.45, 7) is 1.56. The quantitative estimate of drug-likeness (QED) is 0.893. The Morgan fingerprint density at radius 1 is 1.38 bits per heavy atom. The summed E-state index contributed by atoms with van der Waals surface area (Å²) in [6.07, 6.45) is 0. The smallest absolute Gasteiger partial charge is 0.387 e. The zero-order chi connectivity index (χ0) is 11.5. The molecule has 16 heavy (non-hydrogen) atoms. The summed E-state index contributed by atoms with van der Waals surface area (Å²) in [5.74, 6) is 0.170. The van der Waals surface area contributed by atoms with Crippen LogP contribution >= 0.6 is 12.4 Å². The van der Waals surface area contributed by atoms with Crippen molar-refractivity contribution < 1.29 is 13.5 Å². The van der Waals surface area contributed by atoms with Crippen molar-refractivity contribution in [2.45, 2.75) is 25.9 Å². The zero-order valence-electron chi connectivity index (χ0n) is 9.24. The van der Waals surface area contributed by atoms with Crippen molar-refractivity contribution in [2.24, 2.45) is 5.73 Å². The molecule has 0 radical (unpaired) electrons. The van der Waals surface area contributed by atoms with Crippen molar-refractivity contribution >= 4 is 12.4 Å². The van der Waals surface area contributed by atoms with E-state index in [1.54, 1.807) is 12.1 Å². The molecule has 0 spiro atoms. The molecule has 0 aliphatic carbocycles.